The van der Waals surface area contributed by atoms with Gasteiger partial charge in [0.2, 0.25) is 0 Å². The summed E-state index contributed by atoms with van der Waals surface area (Å²) in [7, 11) is 0. The first-order valence-electron chi connectivity index (χ1n) is 10.1. The van der Waals surface area contributed by atoms with Gasteiger partial charge in [-0.2, -0.15) is 5.10 Å². The van der Waals surface area contributed by atoms with Gasteiger partial charge in [0.15, 0.2) is 0 Å². The summed E-state index contributed by atoms with van der Waals surface area (Å²) >= 11 is 5.95. The average molecular weight is 440 g/mol. The number of nitrogens with one attached hydrogen (secondary N) is 1. The van der Waals surface area contributed by atoms with E-state index in [1.807, 2.05) is 65.5 Å². The summed E-state index contributed by atoms with van der Waals surface area (Å²) < 4.78 is 1.82. The van der Waals surface area contributed by atoms with E-state index in [4.69, 9.17) is 16.7 Å². The number of halogens is 1. The van der Waals surface area contributed by atoms with E-state index < -0.39 is 0 Å². The predicted octanol–water partition coefficient (Wildman–Crippen LogP) is 5.07. The number of hydrogen-bond acceptors (Lipinski definition) is 4. The van der Waals surface area contributed by atoms with Crippen LogP contribution in [0, 0.1) is 0 Å². The largest absolute Gasteiger partial charge is 0.348 e. The van der Waals surface area contributed by atoms with Crippen LogP contribution in [0.5, 0.6) is 0 Å². The molecule has 6 nitrogen and oxygen atoms in total. The van der Waals surface area contributed by atoms with Crippen molar-refractivity contribution in [2.75, 3.05) is 0 Å². The highest BCUT2D eigenvalue weighted by Gasteiger charge is 2.14. The lowest BCUT2D eigenvalue weighted by Crippen LogP contribution is -2.22. The third kappa shape index (κ3) is 4.08. The Morgan fingerprint density at radius 2 is 1.78 bits per heavy atom. The molecule has 1 amide bonds. The van der Waals surface area contributed by atoms with E-state index in [9.17, 15) is 4.79 Å². The van der Waals surface area contributed by atoms with Crippen LogP contribution < -0.4 is 5.32 Å². The van der Waals surface area contributed by atoms with Crippen LogP contribution in [0.2, 0.25) is 5.15 Å². The summed E-state index contributed by atoms with van der Waals surface area (Å²) in [6, 6.07) is 22.6. The lowest BCUT2D eigenvalue weighted by atomic mass is 10.1. The fourth-order valence-electron chi connectivity index (χ4n) is 3.52. The first kappa shape index (κ1) is 19.9. The second-order valence-electron chi connectivity index (χ2n) is 7.24. The maximum atomic E-state index is 12.9. The highest BCUT2D eigenvalue weighted by Crippen LogP contribution is 2.23. The molecule has 32 heavy (non-hydrogen) atoms. The molecule has 0 aliphatic carbocycles. The molecular formula is C25H18ClN5O. The van der Waals surface area contributed by atoms with E-state index in [2.05, 4.69) is 15.3 Å². The van der Waals surface area contributed by atoms with Crippen molar-refractivity contribution in [3.8, 4) is 16.9 Å². The number of aromatic nitrogens is 4. The van der Waals surface area contributed by atoms with E-state index in [-0.39, 0.29) is 5.91 Å². The van der Waals surface area contributed by atoms with Crippen LogP contribution in [0.25, 0.3) is 27.8 Å². The monoisotopic (exact) mass is 439 g/mol. The Bertz CT molecular complexity index is 1400. The smallest absolute Gasteiger partial charge is 0.251 e. The van der Waals surface area contributed by atoms with Gasteiger partial charge in [0.1, 0.15) is 5.15 Å². The van der Waals surface area contributed by atoms with Crippen LogP contribution in [0.3, 0.4) is 0 Å². The minimum absolute atomic E-state index is 0.171. The fraction of sp³-hybridized carbons (Fsp3) is 0.0400. The van der Waals surface area contributed by atoms with Crippen LogP contribution in [0.15, 0.2) is 91.4 Å². The van der Waals surface area contributed by atoms with E-state index in [1.54, 1.807) is 30.6 Å². The van der Waals surface area contributed by atoms with E-state index in [0.29, 0.717) is 17.3 Å². The summed E-state index contributed by atoms with van der Waals surface area (Å²) in [5.74, 6) is -0.171. The molecular weight excluding hydrogens is 422 g/mol. The van der Waals surface area contributed by atoms with Crippen molar-refractivity contribution in [1.29, 1.82) is 0 Å². The van der Waals surface area contributed by atoms with Crippen molar-refractivity contribution >= 4 is 28.4 Å². The summed E-state index contributed by atoms with van der Waals surface area (Å²) in [6.07, 6.45) is 5.40. The summed E-state index contributed by atoms with van der Waals surface area (Å²) in [4.78, 5) is 21.2. The van der Waals surface area contributed by atoms with Gasteiger partial charge >= 0.3 is 0 Å². The highest BCUT2D eigenvalue weighted by molar-refractivity contribution is 6.29. The molecule has 3 aromatic heterocycles. The molecule has 0 atom stereocenters. The molecule has 2 aromatic carbocycles. The predicted molar refractivity (Wildman–Crippen MR) is 125 cm³/mol. The van der Waals surface area contributed by atoms with Gasteiger partial charge in [0.25, 0.3) is 5.91 Å². The zero-order valence-corrected chi connectivity index (χ0v) is 17.7. The topological polar surface area (TPSA) is 72.7 Å². The van der Waals surface area contributed by atoms with Gasteiger partial charge < -0.3 is 5.32 Å². The molecule has 0 saturated heterocycles. The van der Waals surface area contributed by atoms with Crippen molar-refractivity contribution in [2.45, 2.75) is 6.54 Å². The molecule has 0 aliphatic rings. The molecule has 0 bridgehead atoms. The number of pyridine rings is 2. The van der Waals surface area contributed by atoms with Gasteiger partial charge in [-0.05, 0) is 54.6 Å². The number of carbonyl (C=O) groups is 1. The third-order valence-corrected chi connectivity index (χ3v) is 5.33. The molecule has 5 aromatic rings. The maximum absolute atomic E-state index is 12.9. The number of hydrogen-bond donors (Lipinski definition) is 1. The van der Waals surface area contributed by atoms with Crippen molar-refractivity contribution in [1.82, 2.24) is 25.1 Å². The number of benzene rings is 2. The second-order valence-corrected chi connectivity index (χ2v) is 7.63. The number of para-hydroxylation sites is 1. The number of nitrogens with zero attached hydrogens (tertiary/aromatic N) is 4. The molecule has 0 spiro atoms. The lowest BCUT2D eigenvalue weighted by Gasteiger charge is -2.07. The summed E-state index contributed by atoms with van der Waals surface area (Å²) in [6.45, 7) is 0.334. The molecule has 0 unspecified atom stereocenters. The quantitative estimate of drug-likeness (QED) is 0.388. The first-order valence-corrected chi connectivity index (χ1v) is 10.4. The van der Waals surface area contributed by atoms with Crippen LogP contribution in [0.1, 0.15) is 15.9 Å². The molecule has 0 saturated carbocycles. The minimum Gasteiger partial charge on any atom is -0.348 e. The zero-order chi connectivity index (χ0) is 21.9. The Morgan fingerprint density at radius 3 is 2.59 bits per heavy atom. The Hall–Kier alpha value is -4.03. The average Bonchev–Trinajstić information content (AvgIpc) is 3.27. The normalized spacial score (nSPS) is 10.9. The summed E-state index contributed by atoms with van der Waals surface area (Å²) in [5.41, 5.74) is 4.89. The standard InChI is InChI=1S/C25H18ClN5O/c26-23-9-7-18-14-19(6-8-22(18)29-23)25(32)28-15-20-16-31(21-4-2-1-3-5-21)30-24(20)17-10-12-27-13-11-17/h1-14,16H,15H2,(H,28,32). The maximum Gasteiger partial charge on any atom is 0.251 e. The first-order chi connectivity index (χ1) is 15.7. The van der Waals surface area contributed by atoms with Crippen LogP contribution >= 0.6 is 11.6 Å². The third-order valence-electron chi connectivity index (χ3n) is 5.12. The highest BCUT2D eigenvalue weighted by atomic mass is 35.5. The molecule has 0 fully saturated rings. The van der Waals surface area contributed by atoms with Crippen LogP contribution in [-0.2, 0) is 6.54 Å². The number of amides is 1. The van der Waals surface area contributed by atoms with Gasteiger partial charge in [-0.3, -0.25) is 9.78 Å². The van der Waals surface area contributed by atoms with Crippen LogP contribution in [-0.4, -0.2) is 25.7 Å². The Morgan fingerprint density at radius 1 is 0.969 bits per heavy atom. The number of fused-ring (bicyclic) bond motifs is 1. The van der Waals surface area contributed by atoms with E-state index in [0.717, 1.165) is 33.4 Å². The van der Waals surface area contributed by atoms with E-state index >= 15 is 0 Å². The molecule has 0 aliphatic heterocycles. The Balaban J connectivity index is 1.42. The second kappa shape index (κ2) is 8.61. The molecule has 0 radical (unpaired) electrons. The Kier molecular flexibility index (Phi) is 5.35. The fourth-order valence-corrected chi connectivity index (χ4v) is 3.68. The SMILES string of the molecule is O=C(NCc1cn(-c2ccccc2)nc1-c1ccncc1)c1ccc2nc(Cl)ccc2c1. The van der Waals surface area contributed by atoms with Gasteiger partial charge in [0, 0.05) is 47.2 Å². The molecule has 156 valence electrons. The zero-order valence-electron chi connectivity index (χ0n) is 16.9. The lowest BCUT2D eigenvalue weighted by molar-refractivity contribution is 0.0951. The molecule has 3 heterocycles. The number of carbonyl (C=O) groups excluding carboxylic acids is 1. The van der Waals surface area contributed by atoms with Crippen molar-refractivity contribution in [3.63, 3.8) is 0 Å². The van der Waals surface area contributed by atoms with Gasteiger partial charge in [-0.15, -0.1) is 0 Å². The van der Waals surface area contributed by atoms with Gasteiger partial charge in [-0.25, -0.2) is 9.67 Å². The molecule has 5 rings (SSSR count). The van der Waals surface area contributed by atoms with Crippen molar-refractivity contribution in [3.05, 3.63) is 108 Å². The van der Waals surface area contributed by atoms with Crippen molar-refractivity contribution < 1.29 is 4.79 Å². The summed E-state index contributed by atoms with van der Waals surface area (Å²) in [5, 5.41) is 9.06. The van der Waals surface area contributed by atoms with Gasteiger partial charge in [-0.1, -0.05) is 29.8 Å². The Labute approximate surface area is 189 Å². The minimum atomic E-state index is -0.171. The van der Waals surface area contributed by atoms with Gasteiger partial charge in [0.05, 0.1) is 16.9 Å². The van der Waals surface area contributed by atoms with Crippen molar-refractivity contribution in [2.24, 2.45) is 0 Å². The van der Waals surface area contributed by atoms with Crippen LogP contribution in [0.4, 0.5) is 0 Å². The molecule has 7 heteroatoms. The number of rotatable bonds is 5. The van der Waals surface area contributed by atoms with E-state index in [1.165, 1.54) is 0 Å². The molecule has 1 N–H and O–H groups in total.